The van der Waals surface area contributed by atoms with Gasteiger partial charge in [-0.3, -0.25) is 4.79 Å². The van der Waals surface area contributed by atoms with Gasteiger partial charge in [0, 0.05) is 6.54 Å². The average molecular weight is 330 g/mol. The molecule has 1 aromatic heterocycles. The van der Waals surface area contributed by atoms with Gasteiger partial charge in [-0.1, -0.05) is 0 Å². The second-order valence-electron chi connectivity index (χ2n) is 3.42. The van der Waals surface area contributed by atoms with Gasteiger partial charge in [-0.05, 0) is 15.9 Å². The molecular weight excluding hydrogens is 319 g/mol. The van der Waals surface area contributed by atoms with Crippen LogP contribution in [0.5, 0.6) is 0 Å². The van der Waals surface area contributed by atoms with Crippen LogP contribution in [0.25, 0.3) is 0 Å². The quantitative estimate of drug-likeness (QED) is 0.856. The summed E-state index contributed by atoms with van der Waals surface area (Å²) in [7, 11) is 0. The smallest absolute Gasteiger partial charge is 0.390 e. The number of anilines is 1. The molecule has 0 unspecified atom stereocenters. The Morgan fingerprint density at radius 1 is 1.50 bits per heavy atom. The molecule has 1 rings (SSSR count). The summed E-state index contributed by atoms with van der Waals surface area (Å²) < 4.78 is 36.9. The lowest BCUT2D eigenvalue weighted by Crippen LogP contribution is -2.26. The number of alkyl halides is 3. The first-order valence-corrected chi connectivity index (χ1v) is 5.81. The van der Waals surface area contributed by atoms with E-state index >= 15 is 0 Å². The van der Waals surface area contributed by atoms with Crippen molar-refractivity contribution >= 4 is 21.6 Å². The van der Waals surface area contributed by atoms with E-state index in [9.17, 15) is 18.0 Å². The van der Waals surface area contributed by atoms with Gasteiger partial charge in [-0.15, -0.1) is 0 Å². The predicted molar refractivity (Wildman–Crippen MR) is 62.4 cm³/mol. The van der Waals surface area contributed by atoms with Crippen LogP contribution in [0, 0.1) is 0 Å². The molecule has 9 heteroatoms. The van der Waals surface area contributed by atoms with Crippen LogP contribution in [0.1, 0.15) is 6.42 Å². The molecule has 0 aliphatic carbocycles. The number of halogens is 4. The molecule has 102 valence electrons. The summed E-state index contributed by atoms with van der Waals surface area (Å²) in [6, 6.07) is 0. The molecule has 0 radical (unpaired) electrons. The second-order valence-corrected chi connectivity index (χ2v) is 4.21. The zero-order valence-corrected chi connectivity index (χ0v) is 10.8. The fourth-order valence-corrected chi connectivity index (χ4v) is 1.63. The third-order valence-corrected chi connectivity index (χ3v) is 2.79. The minimum absolute atomic E-state index is 0.0280. The summed E-state index contributed by atoms with van der Waals surface area (Å²) in [5, 5.41) is 14.9. The number of aromatic nitrogens is 2. The van der Waals surface area contributed by atoms with Crippen LogP contribution in [0.3, 0.4) is 0 Å². The Labute approximate surface area is 109 Å². The average Bonchev–Trinajstić information content (AvgIpc) is 2.27. The summed E-state index contributed by atoms with van der Waals surface area (Å²) in [4.78, 5) is 11.6. The van der Waals surface area contributed by atoms with Crippen molar-refractivity contribution in [2.45, 2.75) is 19.1 Å². The first kappa shape index (κ1) is 15.0. The Hall–Kier alpha value is -1.09. The lowest BCUT2D eigenvalue weighted by Gasteiger charge is -2.11. The molecule has 5 nitrogen and oxygen atoms in total. The van der Waals surface area contributed by atoms with Crippen molar-refractivity contribution in [1.82, 2.24) is 9.78 Å². The first-order valence-electron chi connectivity index (χ1n) is 5.02. The van der Waals surface area contributed by atoms with E-state index in [0.29, 0.717) is 0 Å². The van der Waals surface area contributed by atoms with Crippen LogP contribution in [-0.2, 0) is 6.54 Å². The van der Waals surface area contributed by atoms with Crippen molar-refractivity contribution in [3.63, 3.8) is 0 Å². The van der Waals surface area contributed by atoms with E-state index in [2.05, 4.69) is 26.3 Å². The lowest BCUT2D eigenvalue weighted by atomic mass is 10.4. The van der Waals surface area contributed by atoms with E-state index in [4.69, 9.17) is 5.11 Å². The van der Waals surface area contributed by atoms with Crippen LogP contribution in [-0.4, -0.2) is 34.2 Å². The monoisotopic (exact) mass is 329 g/mol. The highest BCUT2D eigenvalue weighted by atomic mass is 79.9. The molecule has 0 aliphatic heterocycles. The Kier molecular flexibility index (Phi) is 5.15. The number of hydrogen-bond acceptors (Lipinski definition) is 4. The molecule has 1 aromatic rings. The molecule has 1 heterocycles. The summed E-state index contributed by atoms with van der Waals surface area (Å²) in [6.45, 7) is -0.562. The SMILES string of the molecule is O=c1c(Br)c(NCCC(F)(F)F)cnn1CCO. The normalized spacial score (nSPS) is 11.6. The molecule has 0 bridgehead atoms. The van der Waals surface area contributed by atoms with Gasteiger partial charge in [0.1, 0.15) is 4.47 Å². The van der Waals surface area contributed by atoms with Crippen molar-refractivity contribution in [3.8, 4) is 0 Å². The van der Waals surface area contributed by atoms with E-state index in [1.807, 2.05) is 0 Å². The van der Waals surface area contributed by atoms with Crippen molar-refractivity contribution in [2.24, 2.45) is 0 Å². The Morgan fingerprint density at radius 2 is 2.17 bits per heavy atom. The maximum atomic E-state index is 11.9. The maximum absolute atomic E-state index is 11.9. The van der Waals surface area contributed by atoms with E-state index in [0.717, 1.165) is 4.68 Å². The fourth-order valence-electron chi connectivity index (χ4n) is 1.18. The van der Waals surface area contributed by atoms with Gasteiger partial charge in [0.2, 0.25) is 0 Å². The number of aliphatic hydroxyl groups is 1. The second kappa shape index (κ2) is 6.19. The molecule has 18 heavy (non-hydrogen) atoms. The molecule has 0 saturated carbocycles. The van der Waals surface area contributed by atoms with Crippen LogP contribution in [0.15, 0.2) is 15.5 Å². The van der Waals surface area contributed by atoms with Crippen molar-refractivity contribution in [3.05, 3.63) is 21.0 Å². The van der Waals surface area contributed by atoms with Gasteiger partial charge in [-0.25, -0.2) is 4.68 Å². The van der Waals surface area contributed by atoms with Gasteiger partial charge in [0.05, 0.1) is 31.5 Å². The number of hydrogen-bond donors (Lipinski definition) is 2. The summed E-state index contributed by atoms with van der Waals surface area (Å²) >= 11 is 2.98. The van der Waals surface area contributed by atoms with Crippen molar-refractivity contribution < 1.29 is 18.3 Å². The number of aliphatic hydroxyl groups excluding tert-OH is 1. The number of nitrogens with zero attached hydrogens (tertiary/aromatic N) is 2. The highest BCUT2D eigenvalue weighted by molar-refractivity contribution is 9.10. The van der Waals surface area contributed by atoms with Gasteiger partial charge in [-0.2, -0.15) is 18.3 Å². The van der Waals surface area contributed by atoms with Gasteiger partial charge < -0.3 is 10.4 Å². The van der Waals surface area contributed by atoms with E-state index in [1.165, 1.54) is 6.20 Å². The zero-order valence-electron chi connectivity index (χ0n) is 9.17. The summed E-state index contributed by atoms with van der Waals surface area (Å²) in [5.41, 5.74) is -0.320. The van der Waals surface area contributed by atoms with Crippen LogP contribution >= 0.6 is 15.9 Å². The van der Waals surface area contributed by atoms with Gasteiger partial charge >= 0.3 is 6.18 Å². The Balaban J connectivity index is 2.74. The highest BCUT2D eigenvalue weighted by Gasteiger charge is 2.26. The van der Waals surface area contributed by atoms with Gasteiger partial charge in [0.25, 0.3) is 5.56 Å². The standard InChI is InChI=1S/C9H11BrF3N3O2/c10-7-6(14-2-1-9(11,12)13)5-15-16(3-4-17)8(7)18/h5,14,17H,1-4H2. The molecule has 0 fully saturated rings. The largest absolute Gasteiger partial charge is 0.394 e. The topological polar surface area (TPSA) is 67.2 Å². The molecule has 0 amide bonds. The molecule has 0 atom stereocenters. The molecular formula is C9H11BrF3N3O2. The van der Waals surface area contributed by atoms with Crippen LogP contribution in [0.4, 0.5) is 18.9 Å². The molecule has 0 aliphatic rings. The Morgan fingerprint density at radius 3 is 2.72 bits per heavy atom. The van der Waals surface area contributed by atoms with Crippen LogP contribution in [0.2, 0.25) is 0 Å². The minimum atomic E-state index is -4.25. The molecule has 0 saturated heterocycles. The Bertz CT molecular complexity index is 461. The number of rotatable bonds is 5. The lowest BCUT2D eigenvalue weighted by molar-refractivity contribution is -0.131. The predicted octanol–water partition coefficient (Wildman–Crippen LogP) is 1.36. The first-order chi connectivity index (χ1) is 8.35. The van der Waals surface area contributed by atoms with E-state index < -0.39 is 18.2 Å². The molecule has 0 aromatic carbocycles. The van der Waals surface area contributed by atoms with E-state index in [1.54, 1.807) is 0 Å². The third-order valence-electron chi connectivity index (χ3n) is 2.02. The van der Waals surface area contributed by atoms with Crippen molar-refractivity contribution in [1.29, 1.82) is 0 Å². The summed E-state index contributed by atoms with van der Waals surface area (Å²) in [5.74, 6) is 0. The maximum Gasteiger partial charge on any atom is 0.390 e. The molecule has 2 N–H and O–H groups in total. The molecule has 0 spiro atoms. The summed E-state index contributed by atoms with van der Waals surface area (Å²) in [6.07, 6.45) is -4.02. The highest BCUT2D eigenvalue weighted by Crippen LogP contribution is 2.21. The zero-order chi connectivity index (χ0) is 13.8. The van der Waals surface area contributed by atoms with Gasteiger partial charge in [0.15, 0.2) is 0 Å². The third kappa shape index (κ3) is 4.30. The van der Waals surface area contributed by atoms with Crippen molar-refractivity contribution in [2.75, 3.05) is 18.5 Å². The fraction of sp³-hybridized carbons (Fsp3) is 0.556. The number of nitrogens with one attached hydrogen (secondary N) is 1. The minimum Gasteiger partial charge on any atom is -0.394 e. The van der Waals surface area contributed by atoms with E-state index in [-0.39, 0.29) is 29.9 Å². The van der Waals surface area contributed by atoms with Crippen LogP contribution < -0.4 is 10.9 Å².